The molecule has 1 aliphatic rings. The minimum absolute atomic E-state index is 0.287. The van der Waals surface area contributed by atoms with Crippen LogP contribution < -0.4 is 4.90 Å². The third-order valence-corrected chi connectivity index (χ3v) is 3.88. The van der Waals surface area contributed by atoms with Gasteiger partial charge in [-0.2, -0.15) is 18.4 Å². The van der Waals surface area contributed by atoms with E-state index in [0.717, 1.165) is 25.5 Å². The molecule has 0 radical (unpaired) electrons. The molecule has 0 spiro atoms. The maximum Gasteiger partial charge on any atom is 0.417 e. The molecule has 0 aromatic heterocycles. The van der Waals surface area contributed by atoms with Crippen molar-refractivity contribution in [2.45, 2.75) is 38.9 Å². The number of nitrogens with zero attached hydrogens (tertiary/aromatic N) is 2. The second-order valence-corrected chi connectivity index (χ2v) is 5.52. The Morgan fingerprint density at radius 3 is 2.55 bits per heavy atom. The summed E-state index contributed by atoms with van der Waals surface area (Å²) in [6.07, 6.45) is -2.34. The number of benzene rings is 1. The summed E-state index contributed by atoms with van der Waals surface area (Å²) < 4.78 is 38.3. The predicted molar refractivity (Wildman–Crippen MR) is 71.4 cm³/mol. The fraction of sp³-hybridized carbons (Fsp3) is 0.533. The van der Waals surface area contributed by atoms with Crippen LogP contribution in [-0.4, -0.2) is 12.6 Å². The molecule has 2 atom stereocenters. The van der Waals surface area contributed by atoms with Gasteiger partial charge in [0.1, 0.15) is 0 Å². The van der Waals surface area contributed by atoms with Crippen LogP contribution in [0, 0.1) is 17.2 Å². The van der Waals surface area contributed by atoms with E-state index in [4.69, 9.17) is 5.26 Å². The van der Waals surface area contributed by atoms with Gasteiger partial charge in [-0.3, -0.25) is 0 Å². The minimum atomic E-state index is -4.48. The van der Waals surface area contributed by atoms with Crippen molar-refractivity contribution < 1.29 is 13.2 Å². The number of alkyl halides is 3. The first kappa shape index (κ1) is 14.7. The number of piperidine rings is 1. The largest absolute Gasteiger partial charge is 0.417 e. The van der Waals surface area contributed by atoms with E-state index < -0.39 is 11.7 Å². The molecule has 2 nitrogen and oxygen atoms in total. The van der Waals surface area contributed by atoms with Gasteiger partial charge in [-0.25, -0.2) is 0 Å². The van der Waals surface area contributed by atoms with E-state index in [-0.39, 0.29) is 11.6 Å². The third kappa shape index (κ3) is 2.90. The van der Waals surface area contributed by atoms with Crippen LogP contribution in [-0.2, 0) is 6.18 Å². The van der Waals surface area contributed by atoms with Gasteiger partial charge in [0.25, 0.3) is 0 Å². The molecule has 1 heterocycles. The molecule has 1 saturated heterocycles. The van der Waals surface area contributed by atoms with Crippen LogP contribution >= 0.6 is 0 Å². The summed E-state index contributed by atoms with van der Waals surface area (Å²) >= 11 is 0. The van der Waals surface area contributed by atoms with E-state index in [1.807, 2.05) is 0 Å². The summed E-state index contributed by atoms with van der Waals surface area (Å²) in [7, 11) is 0. The summed E-state index contributed by atoms with van der Waals surface area (Å²) in [6, 6.07) is 5.79. The summed E-state index contributed by atoms with van der Waals surface area (Å²) in [6.45, 7) is 5.02. The zero-order valence-electron chi connectivity index (χ0n) is 11.5. The van der Waals surface area contributed by atoms with Crippen molar-refractivity contribution in [1.82, 2.24) is 0 Å². The van der Waals surface area contributed by atoms with Gasteiger partial charge in [0.05, 0.1) is 17.2 Å². The molecular weight excluding hydrogens is 265 g/mol. The van der Waals surface area contributed by atoms with Gasteiger partial charge in [-0.15, -0.1) is 0 Å². The number of nitriles is 1. The highest BCUT2D eigenvalue weighted by Gasteiger charge is 2.34. The van der Waals surface area contributed by atoms with E-state index >= 15 is 0 Å². The molecule has 0 bridgehead atoms. The lowest BCUT2D eigenvalue weighted by Gasteiger charge is -2.38. The van der Waals surface area contributed by atoms with E-state index in [9.17, 15) is 13.2 Å². The minimum Gasteiger partial charge on any atom is -0.369 e. The summed E-state index contributed by atoms with van der Waals surface area (Å²) in [5.74, 6) is 0.513. The Bertz CT molecular complexity index is 531. The number of hydrogen-bond acceptors (Lipinski definition) is 2. The van der Waals surface area contributed by atoms with Crippen molar-refractivity contribution in [3.8, 4) is 6.07 Å². The third-order valence-electron chi connectivity index (χ3n) is 3.88. The van der Waals surface area contributed by atoms with Crippen LogP contribution in [0.2, 0.25) is 0 Å². The smallest absolute Gasteiger partial charge is 0.369 e. The lowest BCUT2D eigenvalue weighted by Crippen LogP contribution is -2.41. The number of hydrogen-bond donors (Lipinski definition) is 0. The second-order valence-electron chi connectivity index (χ2n) is 5.52. The lowest BCUT2D eigenvalue weighted by molar-refractivity contribution is -0.137. The van der Waals surface area contributed by atoms with Crippen LogP contribution in [0.3, 0.4) is 0 Å². The zero-order valence-corrected chi connectivity index (χ0v) is 11.5. The summed E-state index contributed by atoms with van der Waals surface area (Å²) in [4.78, 5) is 2.09. The molecule has 1 aromatic carbocycles. The molecule has 0 amide bonds. The maximum atomic E-state index is 12.8. The van der Waals surface area contributed by atoms with Crippen molar-refractivity contribution in [2.75, 3.05) is 11.4 Å². The standard InChI is InChI=1S/C15H17F3N2/c1-10-3-4-11(2)20(9-10)13-5-6-14(15(16,17)18)12(7-13)8-19/h5-7,10-11H,3-4,9H2,1-2H3. The topological polar surface area (TPSA) is 27.0 Å². The van der Waals surface area contributed by atoms with Crippen LogP contribution in [0.25, 0.3) is 0 Å². The Balaban J connectivity index is 2.37. The average molecular weight is 282 g/mol. The van der Waals surface area contributed by atoms with Crippen molar-refractivity contribution in [1.29, 1.82) is 5.26 Å². The van der Waals surface area contributed by atoms with Gasteiger partial charge >= 0.3 is 6.18 Å². The molecule has 20 heavy (non-hydrogen) atoms. The highest BCUT2D eigenvalue weighted by molar-refractivity contribution is 5.56. The highest BCUT2D eigenvalue weighted by atomic mass is 19.4. The second kappa shape index (κ2) is 5.35. The molecule has 0 aliphatic carbocycles. The van der Waals surface area contributed by atoms with Crippen molar-refractivity contribution >= 4 is 5.69 Å². The zero-order chi connectivity index (χ0) is 14.9. The number of halogens is 3. The lowest BCUT2D eigenvalue weighted by atomic mass is 9.94. The highest BCUT2D eigenvalue weighted by Crippen LogP contribution is 2.35. The Hall–Kier alpha value is -1.70. The molecule has 1 aliphatic heterocycles. The van der Waals surface area contributed by atoms with E-state index in [1.54, 1.807) is 6.07 Å². The van der Waals surface area contributed by atoms with Gasteiger partial charge < -0.3 is 4.90 Å². The average Bonchev–Trinajstić information content (AvgIpc) is 2.39. The molecule has 1 aromatic rings. The molecule has 1 fully saturated rings. The molecule has 2 rings (SSSR count). The Labute approximate surface area is 116 Å². The Kier molecular flexibility index (Phi) is 3.94. The first-order valence-corrected chi connectivity index (χ1v) is 6.71. The molecule has 5 heteroatoms. The van der Waals surface area contributed by atoms with Crippen LogP contribution in [0.5, 0.6) is 0 Å². The maximum absolute atomic E-state index is 12.8. The van der Waals surface area contributed by atoms with Gasteiger partial charge in [-0.05, 0) is 43.9 Å². The normalized spacial score (nSPS) is 23.5. The van der Waals surface area contributed by atoms with Gasteiger partial charge in [0.15, 0.2) is 0 Å². The first-order valence-electron chi connectivity index (χ1n) is 6.71. The van der Waals surface area contributed by atoms with E-state index in [0.29, 0.717) is 11.6 Å². The summed E-state index contributed by atoms with van der Waals surface area (Å²) in [5.41, 5.74) is -0.463. The monoisotopic (exact) mass is 282 g/mol. The van der Waals surface area contributed by atoms with Crippen molar-refractivity contribution in [3.05, 3.63) is 29.3 Å². The van der Waals surface area contributed by atoms with Gasteiger partial charge in [-0.1, -0.05) is 6.92 Å². The first-order chi connectivity index (χ1) is 9.32. The fourth-order valence-electron chi connectivity index (χ4n) is 2.70. The van der Waals surface area contributed by atoms with Crippen LogP contribution in [0.1, 0.15) is 37.8 Å². The van der Waals surface area contributed by atoms with Crippen molar-refractivity contribution in [3.63, 3.8) is 0 Å². The van der Waals surface area contributed by atoms with E-state index in [2.05, 4.69) is 18.7 Å². The van der Waals surface area contributed by atoms with Crippen LogP contribution in [0.15, 0.2) is 18.2 Å². The van der Waals surface area contributed by atoms with E-state index in [1.165, 1.54) is 12.1 Å². The molecule has 0 saturated carbocycles. The fourth-order valence-corrected chi connectivity index (χ4v) is 2.70. The predicted octanol–water partition coefficient (Wildman–Crippen LogP) is 4.20. The SMILES string of the molecule is CC1CCC(C)N(c2ccc(C(F)(F)F)c(C#N)c2)C1. The molecule has 0 N–H and O–H groups in total. The molecule has 2 unspecified atom stereocenters. The molecule has 108 valence electrons. The summed E-state index contributed by atoms with van der Waals surface area (Å²) in [5, 5.41) is 8.95. The molecular formula is C15H17F3N2. The van der Waals surface area contributed by atoms with Crippen LogP contribution in [0.4, 0.5) is 18.9 Å². The number of rotatable bonds is 1. The quantitative estimate of drug-likeness (QED) is 0.771. The van der Waals surface area contributed by atoms with Gasteiger partial charge in [0, 0.05) is 18.3 Å². The Morgan fingerprint density at radius 2 is 1.95 bits per heavy atom. The number of anilines is 1. The van der Waals surface area contributed by atoms with Crippen molar-refractivity contribution in [2.24, 2.45) is 5.92 Å². The Morgan fingerprint density at radius 1 is 1.25 bits per heavy atom. The van der Waals surface area contributed by atoms with Gasteiger partial charge in [0.2, 0.25) is 0 Å².